The number of aliphatic hydroxyl groups is 1. The Labute approximate surface area is 97.7 Å². The van der Waals surface area contributed by atoms with E-state index in [1.54, 1.807) is 0 Å². The predicted molar refractivity (Wildman–Crippen MR) is 65.3 cm³/mol. The molecule has 1 aliphatic rings. The Bertz CT molecular complexity index is 188. The zero-order chi connectivity index (χ0) is 11.0. The zero-order valence-corrected chi connectivity index (χ0v) is 10.1. The average Bonchev–Trinajstić information content (AvgIpc) is 2.30. The molecular formula is C12H22ClNO. The lowest BCUT2D eigenvalue weighted by Gasteiger charge is -2.35. The lowest BCUT2D eigenvalue weighted by atomic mass is 9.74. The Morgan fingerprint density at radius 3 is 2.53 bits per heavy atom. The highest BCUT2D eigenvalue weighted by Gasteiger charge is 2.30. The second-order valence-corrected chi connectivity index (χ2v) is 4.78. The van der Waals surface area contributed by atoms with Gasteiger partial charge in [0.2, 0.25) is 0 Å². The summed E-state index contributed by atoms with van der Waals surface area (Å²) >= 11 is 5.53. The third-order valence-electron chi connectivity index (χ3n) is 3.27. The van der Waals surface area contributed by atoms with E-state index in [1.807, 2.05) is 12.2 Å². The summed E-state index contributed by atoms with van der Waals surface area (Å²) < 4.78 is 0. The number of hydrogen-bond acceptors (Lipinski definition) is 2. The zero-order valence-electron chi connectivity index (χ0n) is 9.34. The van der Waals surface area contributed by atoms with Gasteiger partial charge in [0.15, 0.2) is 0 Å². The maximum Gasteiger partial charge on any atom is 0.0499 e. The van der Waals surface area contributed by atoms with E-state index in [-0.39, 0.29) is 5.41 Å². The first-order chi connectivity index (χ1) is 7.33. The summed E-state index contributed by atoms with van der Waals surface area (Å²) in [5, 5.41) is 12.8. The lowest BCUT2D eigenvalue weighted by Crippen LogP contribution is -2.39. The van der Waals surface area contributed by atoms with Crippen molar-refractivity contribution in [2.75, 3.05) is 25.6 Å². The molecule has 0 atom stereocenters. The normalized spacial score (nSPS) is 20.9. The van der Waals surface area contributed by atoms with Crippen LogP contribution in [0.1, 0.15) is 32.1 Å². The summed E-state index contributed by atoms with van der Waals surface area (Å²) in [6, 6.07) is 0. The molecule has 0 aliphatic heterocycles. The molecule has 2 nitrogen and oxygen atoms in total. The lowest BCUT2D eigenvalue weighted by molar-refractivity contribution is 0.0824. The van der Waals surface area contributed by atoms with Gasteiger partial charge in [-0.25, -0.2) is 0 Å². The Kier molecular flexibility index (Phi) is 6.30. The molecule has 1 fully saturated rings. The highest BCUT2D eigenvalue weighted by Crippen LogP contribution is 2.35. The molecule has 0 heterocycles. The van der Waals surface area contributed by atoms with Crippen LogP contribution in [0.4, 0.5) is 0 Å². The molecule has 3 heteroatoms. The Morgan fingerprint density at radius 1 is 1.20 bits per heavy atom. The van der Waals surface area contributed by atoms with Crippen molar-refractivity contribution in [2.45, 2.75) is 32.1 Å². The van der Waals surface area contributed by atoms with Crippen LogP contribution in [0, 0.1) is 5.41 Å². The molecule has 0 bridgehead atoms. The highest BCUT2D eigenvalue weighted by atomic mass is 35.5. The summed E-state index contributed by atoms with van der Waals surface area (Å²) in [5.41, 5.74) is 0.146. The van der Waals surface area contributed by atoms with Crippen LogP contribution in [-0.4, -0.2) is 30.7 Å². The Morgan fingerprint density at radius 2 is 1.93 bits per heavy atom. The van der Waals surface area contributed by atoms with Crippen LogP contribution in [0.25, 0.3) is 0 Å². The minimum atomic E-state index is 0.146. The maximum atomic E-state index is 9.47. The molecule has 2 N–H and O–H groups in total. The summed E-state index contributed by atoms with van der Waals surface area (Å²) in [4.78, 5) is 0. The number of alkyl halides is 1. The molecule has 0 aromatic rings. The largest absolute Gasteiger partial charge is 0.396 e. The molecule has 0 radical (unpaired) electrons. The third-order valence-corrected chi connectivity index (χ3v) is 3.45. The first-order valence-corrected chi connectivity index (χ1v) is 6.39. The quantitative estimate of drug-likeness (QED) is 0.418. The fourth-order valence-electron chi connectivity index (χ4n) is 2.26. The minimum Gasteiger partial charge on any atom is -0.396 e. The second-order valence-electron chi connectivity index (χ2n) is 4.48. The smallest absolute Gasteiger partial charge is 0.0499 e. The molecule has 15 heavy (non-hydrogen) atoms. The predicted octanol–water partition coefficient (Wildman–Crippen LogP) is 2.31. The molecule has 0 aromatic heterocycles. The number of nitrogens with one attached hydrogen (secondary N) is 1. The monoisotopic (exact) mass is 231 g/mol. The first-order valence-electron chi connectivity index (χ1n) is 5.85. The molecule has 0 aromatic carbocycles. The minimum absolute atomic E-state index is 0.146. The van der Waals surface area contributed by atoms with Crippen molar-refractivity contribution in [1.29, 1.82) is 0 Å². The summed E-state index contributed by atoms with van der Waals surface area (Å²) in [6.45, 7) is 2.10. The van der Waals surface area contributed by atoms with Gasteiger partial charge in [-0.05, 0) is 12.8 Å². The number of aliphatic hydroxyl groups excluding tert-OH is 1. The summed E-state index contributed by atoms with van der Waals surface area (Å²) in [5.74, 6) is 0.576. The number of rotatable bonds is 6. The van der Waals surface area contributed by atoms with Gasteiger partial charge >= 0.3 is 0 Å². The number of allylic oxidation sites excluding steroid dienone is 1. The van der Waals surface area contributed by atoms with Crippen LogP contribution in [-0.2, 0) is 0 Å². The van der Waals surface area contributed by atoms with Crippen LogP contribution in [0.5, 0.6) is 0 Å². The van der Waals surface area contributed by atoms with E-state index in [9.17, 15) is 5.11 Å². The van der Waals surface area contributed by atoms with Crippen molar-refractivity contribution >= 4 is 11.6 Å². The van der Waals surface area contributed by atoms with E-state index >= 15 is 0 Å². The van der Waals surface area contributed by atoms with Gasteiger partial charge in [0, 0.05) is 31.0 Å². The van der Waals surface area contributed by atoms with Gasteiger partial charge in [-0.3, -0.25) is 0 Å². The van der Waals surface area contributed by atoms with Gasteiger partial charge in [0.1, 0.15) is 0 Å². The van der Waals surface area contributed by atoms with E-state index in [0.717, 1.165) is 25.9 Å². The average molecular weight is 232 g/mol. The fourth-order valence-corrected chi connectivity index (χ4v) is 2.39. The summed E-state index contributed by atoms with van der Waals surface area (Å²) in [6.07, 6.45) is 10.2. The van der Waals surface area contributed by atoms with Crippen molar-refractivity contribution < 1.29 is 5.11 Å². The molecule has 1 aliphatic carbocycles. The third kappa shape index (κ3) is 4.54. The molecule has 0 spiro atoms. The van der Waals surface area contributed by atoms with Crippen molar-refractivity contribution in [3.8, 4) is 0 Å². The van der Waals surface area contributed by atoms with Crippen LogP contribution in [0.15, 0.2) is 12.2 Å². The number of halogens is 1. The molecule has 0 unspecified atom stereocenters. The van der Waals surface area contributed by atoms with E-state index in [4.69, 9.17) is 11.6 Å². The fraction of sp³-hybridized carbons (Fsp3) is 0.833. The van der Waals surface area contributed by atoms with Crippen molar-refractivity contribution in [3.63, 3.8) is 0 Å². The van der Waals surface area contributed by atoms with Crippen LogP contribution < -0.4 is 5.32 Å². The second kappa shape index (κ2) is 7.26. The van der Waals surface area contributed by atoms with E-state index in [2.05, 4.69) is 5.32 Å². The molecule has 0 amide bonds. The first kappa shape index (κ1) is 13.0. The van der Waals surface area contributed by atoms with Gasteiger partial charge in [0.05, 0.1) is 0 Å². The van der Waals surface area contributed by atoms with Crippen LogP contribution in [0.2, 0.25) is 0 Å². The number of hydrogen-bond donors (Lipinski definition) is 2. The summed E-state index contributed by atoms with van der Waals surface area (Å²) in [7, 11) is 0. The van der Waals surface area contributed by atoms with Crippen LogP contribution in [0.3, 0.4) is 0 Å². The molecular weight excluding hydrogens is 210 g/mol. The Balaban J connectivity index is 2.23. The van der Waals surface area contributed by atoms with Gasteiger partial charge in [-0.1, -0.05) is 31.4 Å². The van der Waals surface area contributed by atoms with Crippen molar-refractivity contribution in [2.24, 2.45) is 5.41 Å². The van der Waals surface area contributed by atoms with Gasteiger partial charge in [-0.2, -0.15) is 0 Å². The van der Waals surface area contributed by atoms with E-state index in [0.29, 0.717) is 12.5 Å². The van der Waals surface area contributed by atoms with Gasteiger partial charge in [0.25, 0.3) is 0 Å². The van der Waals surface area contributed by atoms with E-state index in [1.165, 1.54) is 19.3 Å². The topological polar surface area (TPSA) is 32.3 Å². The molecule has 1 rings (SSSR count). The molecule has 0 saturated heterocycles. The van der Waals surface area contributed by atoms with E-state index < -0.39 is 0 Å². The van der Waals surface area contributed by atoms with Gasteiger partial charge < -0.3 is 10.4 Å². The standard InChI is InChI=1S/C12H22ClNO/c13-8-4-5-9-14-10-12(11-15)6-2-1-3-7-12/h4-5,14-15H,1-3,6-11H2/b5-4+. The SMILES string of the molecule is OCC1(CNC/C=C/CCl)CCCCC1. The van der Waals surface area contributed by atoms with Crippen LogP contribution >= 0.6 is 11.6 Å². The molecule has 1 saturated carbocycles. The van der Waals surface area contributed by atoms with Crippen molar-refractivity contribution in [1.82, 2.24) is 5.32 Å². The highest BCUT2D eigenvalue weighted by molar-refractivity contribution is 6.18. The Hall–Kier alpha value is -0.0500. The molecule has 88 valence electrons. The van der Waals surface area contributed by atoms with Gasteiger partial charge in [-0.15, -0.1) is 11.6 Å². The van der Waals surface area contributed by atoms with Crippen molar-refractivity contribution in [3.05, 3.63) is 12.2 Å². The maximum absolute atomic E-state index is 9.47.